The van der Waals surface area contributed by atoms with Crippen LogP contribution < -0.4 is 16.4 Å². The van der Waals surface area contributed by atoms with Crippen molar-refractivity contribution >= 4 is 17.4 Å². The standard InChI is InChI=1S/C14H21N3O2/c1-10(11-6-8-19-9-7-11)16-14(18)17-13-4-2-12(15)3-5-13/h2-5,10-11H,6-9,15H2,1H3,(H2,16,17,18). The van der Waals surface area contributed by atoms with E-state index in [2.05, 4.69) is 10.6 Å². The van der Waals surface area contributed by atoms with Crippen molar-refractivity contribution in [2.24, 2.45) is 5.92 Å². The van der Waals surface area contributed by atoms with Crippen molar-refractivity contribution in [1.29, 1.82) is 0 Å². The Kier molecular flexibility index (Phi) is 4.63. The quantitative estimate of drug-likeness (QED) is 0.732. The molecule has 1 heterocycles. The zero-order valence-corrected chi connectivity index (χ0v) is 11.2. The first-order valence-corrected chi connectivity index (χ1v) is 6.66. The number of carbonyl (C=O) groups excluding carboxylic acids is 1. The number of nitrogen functional groups attached to an aromatic ring is 1. The monoisotopic (exact) mass is 263 g/mol. The molecule has 1 aromatic rings. The lowest BCUT2D eigenvalue weighted by atomic mass is 9.93. The highest BCUT2D eigenvalue weighted by molar-refractivity contribution is 5.89. The van der Waals surface area contributed by atoms with Crippen molar-refractivity contribution < 1.29 is 9.53 Å². The van der Waals surface area contributed by atoms with E-state index in [1.54, 1.807) is 24.3 Å². The molecule has 1 aliphatic rings. The summed E-state index contributed by atoms with van der Waals surface area (Å²) in [5.74, 6) is 0.492. The maximum Gasteiger partial charge on any atom is 0.319 e. The predicted octanol–water partition coefficient (Wildman–Crippen LogP) is 2.21. The summed E-state index contributed by atoms with van der Waals surface area (Å²) in [4.78, 5) is 11.9. The molecule has 2 amide bonds. The molecule has 0 radical (unpaired) electrons. The highest BCUT2D eigenvalue weighted by atomic mass is 16.5. The maximum atomic E-state index is 11.9. The van der Waals surface area contributed by atoms with E-state index in [4.69, 9.17) is 10.5 Å². The first-order valence-electron chi connectivity index (χ1n) is 6.66. The molecule has 5 heteroatoms. The Hall–Kier alpha value is -1.75. The predicted molar refractivity (Wildman–Crippen MR) is 76.0 cm³/mol. The first-order chi connectivity index (χ1) is 9.15. The largest absolute Gasteiger partial charge is 0.399 e. The van der Waals surface area contributed by atoms with Crippen LogP contribution in [0.25, 0.3) is 0 Å². The smallest absolute Gasteiger partial charge is 0.319 e. The molecule has 0 aromatic heterocycles. The highest BCUT2D eigenvalue weighted by Crippen LogP contribution is 2.18. The minimum atomic E-state index is -0.177. The SMILES string of the molecule is CC(NC(=O)Nc1ccc(N)cc1)C1CCOCC1. The summed E-state index contributed by atoms with van der Waals surface area (Å²) in [6.45, 7) is 3.62. The van der Waals surface area contributed by atoms with E-state index in [-0.39, 0.29) is 12.1 Å². The van der Waals surface area contributed by atoms with E-state index in [1.807, 2.05) is 6.92 Å². The summed E-state index contributed by atoms with van der Waals surface area (Å²) in [6.07, 6.45) is 2.01. The van der Waals surface area contributed by atoms with Gasteiger partial charge in [0.2, 0.25) is 0 Å². The number of rotatable bonds is 3. The minimum Gasteiger partial charge on any atom is -0.399 e. The van der Waals surface area contributed by atoms with E-state index < -0.39 is 0 Å². The molecule has 1 atom stereocenters. The summed E-state index contributed by atoms with van der Waals surface area (Å²) >= 11 is 0. The van der Waals surface area contributed by atoms with Crippen molar-refractivity contribution in [3.05, 3.63) is 24.3 Å². The number of hydrogen-bond donors (Lipinski definition) is 3. The Morgan fingerprint density at radius 2 is 1.95 bits per heavy atom. The molecule has 0 spiro atoms. The van der Waals surface area contributed by atoms with Crippen molar-refractivity contribution in [1.82, 2.24) is 5.32 Å². The first kappa shape index (κ1) is 13.7. The van der Waals surface area contributed by atoms with E-state index in [0.717, 1.165) is 31.7 Å². The summed E-state index contributed by atoms with van der Waals surface area (Å²) < 4.78 is 5.32. The van der Waals surface area contributed by atoms with Gasteiger partial charge in [0.15, 0.2) is 0 Å². The molecule has 1 saturated heterocycles. The zero-order chi connectivity index (χ0) is 13.7. The third kappa shape index (κ3) is 4.13. The van der Waals surface area contributed by atoms with Crippen LogP contribution in [0.3, 0.4) is 0 Å². The molecule has 1 aromatic carbocycles. The van der Waals surface area contributed by atoms with Gasteiger partial charge in [0, 0.05) is 30.6 Å². The molecule has 4 N–H and O–H groups in total. The van der Waals surface area contributed by atoms with Gasteiger partial charge in [-0.3, -0.25) is 0 Å². The Balaban J connectivity index is 1.81. The number of carbonyl (C=O) groups is 1. The lowest BCUT2D eigenvalue weighted by Gasteiger charge is -2.28. The van der Waals surface area contributed by atoms with Gasteiger partial charge in [0.25, 0.3) is 0 Å². The van der Waals surface area contributed by atoms with Crippen molar-refractivity contribution in [3.63, 3.8) is 0 Å². The third-order valence-corrected chi connectivity index (χ3v) is 3.50. The molecule has 1 unspecified atom stereocenters. The van der Waals surface area contributed by atoms with Gasteiger partial charge in [-0.2, -0.15) is 0 Å². The van der Waals surface area contributed by atoms with Crippen LogP contribution in [-0.4, -0.2) is 25.3 Å². The minimum absolute atomic E-state index is 0.151. The average Bonchev–Trinajstić information content (AvgIpc) is 2.42. The number of ether oxygens (including phenoxy) is 1. The van der Waals surface area contributed by atoms with Crippen LogP contribution in [0.5, 0.6) is 0 Å². The molecular weight excluding hydrogens is 242 g/mol. The summed E-state index contributed by atoms with van der Waals surface area (Å²) in [7, 11) is 0. The number of amides is 2. The van der Waals surface area contributed by atoms with Crippen molar-refractivity contribution in [2.75, 3.05) is 24.3 Å². The molecule has 1 aliphatic heterocycles. The van der Waals surface area contributed by atoms with E-state index >= 15 is 0 Å². The van der Waals surface area contributed by atoms with Gasteiger partial charge in [0.1, 0.15) is 0 Å². The Labute approximate surface area is 113 Å². The van der Waals surface area contributed by atoms with Crippen LogP contribution in [0.1, 0.15) is 19.8 Å². The lowest BCUT2D eigenvalue weighted by molar-refractivity contribution is 0.0573. The molecule has 0 saturated carbocycles. The molecule has 2 rings (SSSR count). The Bertz CT molecular complexity index is 413. The number of hydrogen-bond acceptors (Lipinski definition) is 3. The Morgan fingerprint density at radius 3 is 2.58 bits per heavy atom. The maximum absolute atomic E-state index is 11.9. The van der Waals surface area contributed by atoms with Gasteiger partial charge in [-0.25, -0.2) is 4.79 Å². The topological polar surface area (TPSA) is 76.4 Å². The second kappa shape index (κ2) is 6.43. The summed E-state index contributed by atoms with van der Waals surface area (Å²) in [5, 5.41) is 5.78. The van der Waals surface area contributed by atoms with Crippen LogP contribution in [0.15, 0.2) is 24.3 Å². The fraction of sp³-hybridized carbons (Fsp3) is 0.500. The van der Waals surface area contributed by atoms with E-state index in [9.17, 15) is 4.79 Å². The fourth-order valence-electron chi connectivity index (χ4n) is 2.27. The zero-order valence-electron chi connectivity index (χ0n) is 11.2. The molecular formula is C14H21N3O2. The van der Waals surface area contributed by atoms with Gasteiger partial charge in [0.05, 0.1) is 0 Å². The van der Waals surface area contributed by atoms with Gasteiger partial charge < -0.3 is 21.1 Å². The van der Waals surface area contributed by atoms with Crippen LogP contribution >= 0.6 is 0 Å². The van der Waals surface area contributed by atoms with Crippen molar-refractivity contribution in [3.8, 4) is 0 Å². The lowest BCUT2D eigenvalue weighted by Crippen LogP contribution is -2.42. The van der Waals surface area contributed by atoms with Crippen LogP contribution in [0, 0.1) is 5.92 Å². The summed E-state index contributed by atoms with van der Waals surface area (Å²) in [6, 6.07) is 7.07. The molecule has 1 fully saturated rings. The normalized spacial score (nSPS) is 17.7. The Morgan fingerprint density at radius 1 is 1.32 bits per heavy atom. The molecule has 19 heavy (non-hydrogen) atoms. The molecule has 104 valence electrons. The molecule has 5 nitrogen and oxygen atoms in total. The van der Waals surface area contributed by atoms with Gasteiger partial charge >= 0.3 is 6.03 Å². The number of benzene rings is 1. The third-order valence-electron chi connectivity index (χ3n) is 3.50. The van der Waals surface area contributed by atoms with E-state index in [0.29, 0.717) is 11.6 Å². The van der Waals surface area contributed by atoms with Gasteiger partial charge in [-0.1, -0.05) is 0 Å². The second-order valence-corrected chi connectivity index (χ2v) is 4.96. The van der Waals surface area contributed by atoms with Gasteiger partial charge in [-0.15, -0.1) is 0 Å². The number of urea groups is 1. The van der Waals surface area contributed by atoms with Crippen LogP contribution in [-0.2, 0) is 4.74 Å². The highest BCUT2D eigenvalue weighted by Gasteiger charge is 2.21. The number of anilines is 2. The fourth-order valence-corrected chi connectivity index (χ4v) is 2.27. The summed E-state index contributed by atoms with van der Waals surface area (Å²) in [5.41, 5.74) is 7.02. The second-order valence-electron chi connectivity index (χ2n) is 4.96. The number of nitrogens with one attached hydrogen (secondary N) is 2. The van der Waals surface area contributed by atoms with E-state index in [1.165, 1.54) is 0 Å². The molecule has 0 bridgehead atoms. The number of nitrogens with two attached hydrogens (primary N) is 1. The van der Waals surface area contributed by atoms with Crippen LogP contribution in [0.2, 0.25) is 0 Å². The van der Waals surface area contributed by atoms with Crippen LogP contribution in [0.4, 0.5) is 16.2 Å². The average molecular weight is 263 g/mol. The van der Waals surface area contributed by atoms with Gasteiger partial charge in [-0.05, 0) is 49.9 Å². The molecule has 0 aliphatic carbocycles. The van der Waals surface area contributed by atoms with Crippen molar-refractivity contribution in [2.45, 2.75) is 25.8 Å².